The maximum absolute atomic E-state index is 11.5. The number of rotatable bonds is 4. The number of carbonyl (C=O) groups is 1. The van der Waals surface area contributed by atoms with Gasteiger partial charge in [0, 0.05) is 13.0 Å². The fourth-order valence-electron chi connectivity index (χ4n) is 1.65. The summed E-state index contributed by atoms with van der Waals surface area (Å²) in [6.07, 6.45) is 6.45. The van der Waals surface area contributed by atoms with E-state index in [9.17, 15) is 13.2 Å². The van der Waals surface area contributed by atoms with Gasteiger partial charge in [0.2, 0.25) is 5.91 Å². The van der Waals surface area contributed by atoms with E-state index in [-0.39, 0.29) is 24.6 Å². The summed E-state index contributed by atoms with van der Waals surface area (Å²) in [4.78, 5) is 11.4. The van der Waals surface area contributed by atoms with Crippen LogP contribution in [0.15, 0.2) is 0 Å². The molecule has 1 rings (SSSR count). The average molecular weight is 244 g/mol. The quantitative estimate of drug-likeness (QED) is 0.623. The van der Waals surface area contributed by atoms with Gasteiger partial charge in [-0.2, -0.15) is 0 Å². The Bertz CT molecular complexity index is 397. The van der Waals surface area contributed by atoms with Crippen molar-refractivity contribution in [3.05, 3.63) is 0 Å². The topological polar surface area (TPSA) is 89.3 Å². The molecular formula is C10H16N2O3S. The number of nitrogens with one attached hydrogen (secondary N) is 1. The van der Waals surface area contributed by atoms with Crippen molar-refractivity contribution in [3.8, 4) is 12.3 Å². The van der Waals surface area contributed by atoms with E-state index < -0.39 is 21.1 Å². The first-order chi connectivity index (χ1) is 7.47. The average Bonchev–Trinajstić information content (AvgIpc) is 2.54. The van der Waals surface area contributed by atoms with Crippen LogP contribution in [0.4, 0.5) is 0 Å². The van der Waals surface area contributed by atoms with Crippen molar-refractivity contribution in [3.63, 3.8) is 0 Å². The van der Waals surface area contributed by atoms with Gasteiger partial charge in [-0.05, 0) is 12.8 Å². The Kier molecular flexibility index (Phi) is 4.33. The summed E-state index contributed by atoms with van der Waals surface area (Å²) >= 11 is 0. The largest absolute Gasteiger partial charge is 0.353 e. The van der Waals surface area contributed by atoms with Crippen LogP contribution in [0.25, 0.3) is 0 Å². The molecule has 1 aliphatic heterocycles. The van der Waals surface area contributed by atoms with Crippen LogP contribution < -0.4 is 11.1 Å². The second-order valence-electron chi connectivity index (χ2n) is 3.89. The fraction of sp³-hybridized carbons (Fsp3) is 0.700. The maximum atomic E-state index is 11.5. The number of amides is 1. The van der Waals surface area contributed by atoms with Gasteiger partial charge in [0.15, 0.2) is 9.84 Å². The SMILES string of the molecule is C#CCC(N)C(=O)NCC1CCCS1(=O)=O. The summed E-state index contributed by atoms with van der Waals surface area (Å²) < 4.78 is 22.9. The van der Waals surface area contributed by atoms with Crippen LogP contribution in [0.3, 0.4) is 0 Å². The molecule has 90 valence electrons. The minimum absolute atomic E-state index is 0.138. The molecule has 0 bridgehead atoms. The number of carbonyl (C=O) groups excluding carboxylic acids is 1. The van der Waals surface area contributed by atoms with E-state index >= 15 is 0 Å². The summed E-state index contributed by atoms with van der Waals surface area (Å²) in [5, 5.41) is 2.06. The smallest absolute Gasteiger partial charge is 0.237 e. The molecule has 1 amide bonds. The molecular weight excluding hydrogens is 228 g/mol. The second kappa shape index (κ2) is 5.32. The molecule has 2 atom stereocenters. The van der Waals surface area contributed by atoms with E-state index in [1.54, 1.807) is 0 Å². The van der Waals surface area contributed by atoms with Gasteiger partial charge in [0.05, 0.1) is 17.0 Å². The van der Waals surface area contributed by atoms with Crippen LogP contribution >= 0.6 is 0 Å². The first-order valence-electron chi connectivity index (χ1n) is 5.15. The third kappa shape index (κ3) is 3.22. The highest BCUT2D eigenvalue weighted by Crippen LogP contribution is 2.18. The lowest BCUT2D eigenvalue weighted by Crippen LogP contribution is -2.44. The summed E-state index contributed by atoms with van der Waals surface area (Å²) in [5.74, 6) is 2.11. The predicted octanol–water partition coefficient (Wildman–Crippen LogP) is -0.970. The number of nitrogens with two attached hydrogens (primary N) is 1. The predicted molar refractivity (Wildman–Crippen MR) is 61.2 cm³/mol. The van der Waals surface area contributed by atoms with Crippen LogP contribution in [0.5, 0.6) is 0 Å². The van der Waals surface area contributed by atoms with Crippen molar-refractivity contribution in [2.75, 3.05) is 12.3 Å². The van der Waals surface area contributed by atoms with Gasteiger partial charge >= 0.3 is 0 Å². The van der Waals surface area contributed by atoms with Gasteiger partial charge in [-0.3, -0.25) is 4.79 Å². The summed E-state index contributed by atoms with van der Waals surface area (Å²) in [5.41, 5.74) is 5.48. The third-order valence-electron chi connectivity index (χ3n) is 2.64. The van der Waals surface area contributed by atoms with Crippen LogP contribution in [-0.2, 0) is 14.6 Å². The van der Waals surface area contributed by atoms with E-state index in [4.69, 9.17) is 12.2 Å². The van der Waals surface area contributed by atoms with Gasteiger partial charge in [0.1, 0.15) is 0 Å². The molecule has 0 aromatic heterocycles. The van der Waals surface area contributed by atoms with Crippen LogP contribution in [0.1, 0.15) is 19.3 Å². The lowest BCUT2D eigenvalue weighted by atomic mass is 10.2. The Morgan fingerprint density at radius 1 is 1.62 bits per heavy atom. The monoisotopic (exact) mass is 244 g/mol. The standard InChI is InChI=1S/C10H16N2O3S/c1-2-4-9(11)10(13)12-7-8-5-3-6-16(8,14)15/h1,8-9H,3-7,11H2,(H,12,13). The Labute approximate surface area is 95.7 Å². The Balaban J connectivity index is 2.41. The molecule has 1 fully saturated rings. The van der Waals surface area contributed by atoms with Crippen molar-refractivity contribution >= 4 is 15.7 Å². The zero-order chi connectivity index (χ0) is 12.2. The number of hydrogen-bond donors (Lipinski definition) is 2. The molecule has 0 radical (unpaired) electrons. The van der Waals surface area contributed by atoms with E-state index in [0.29, 0.717) is 12.8 Å². The Morgan fingerprint density at radius 2 is 2.31 bits per heavy atom. The molecule has 0 aromatic carbocycles. The first-order valence-corrected chi connectivity index (χ1v) is 6.87. The molecule has 1 saturated heterocycles. The highest BCUT2D eigenvalue weighted by molar-refractivity contribution is 7.92. The second-order valence-corrected chi connectivity index (χ2v) is 6.29. The zero-order valence-electron chi connectivity index (χ0n) is 8.98. The van der Waals surface area contributed by atoms with Gasteiger partial charge in [0.25, 0.3) is 0 Å². The molecule has 0 saturated carbocycles. The Morgan fingerprint density at radius 3 is 2.81 bits per heavy atom. The third-order valence-corrected chi connectivity index (χ3v) is 4.92. The molecule has 1 aliphatic rings. The minimum atomic E-state index is -3.02. The van der Waals surface area contributed by atoms with Crippen molar-refractivity contribution in [2.24, 2.45) is 5.73 Å². The number of terminal acetylenes is 1. The summed E-state index contributed by atoms with van der Waals surface area (Å²) in [7, 11) is -3.02. The molecule has 0 spiro atoms. The zero-order valence-corrected chi connectivity index (χ0v) is 9.79. The first kappa shape index (κ1) is 13.0. The summed E-state index contributed by atoms with van der Waals surface area (Å²) in [6, 6.07) is -0.755. The number of hydrogen-bond acceptors (Lipinski definition) is 4. The highest BCUT2D eigenvalue weighted by Gasteiger charge is 2.31. The minimum Gasteiger partial charge on any atom is -0.353 e. The number of sulfone groups is 1. The maximum Gasteiger partial charge on any atom is 0.237 e. The molecule has 1 heterocycles. The van der Waals surface area contributed by atoms with Crippen molar-refractivity contribution in [1.82, 2.24) is 5.32 Å². The molecule has 2 unspecified atom stereocenters. The van der Waals surface area contributed by atoms with Crippen molar-refractivity contribution < 1.29 is 13.2 Å². The molecule has 6 heteroatoms. The molecule has 3 N–H and O–H groups in total. The van der Waals surface area contributed by atoms with Gasteiger partial charge < -0.3 is 11.1 Å². The summed E-state index contributed by atoms with van der Waals surface area (Å²) in [6.45, 7) is 0.138. The molecule has 0 aromatic rings. The fourth-order valence-corrected chi connectivity index (χ4v) is 3.42. The highest BCUT2D eigenvalue weighted by atomic mass is 32.2. The molecule has 5 nitrogen and oxygen atoms in total. The van der Waals surface area contributed by atoms with E-state index in [2.05, 4.69) is 11.2 Å². The van der Waals surface area contributed by atoms with Crippen molar-refractivity contribution in [1.29, 1.82) is 0 Å². The van der Waals surface area contributed by atoms with Crippen LogP contribution in [0.2, 0.25) is 0 Å². The molecule has 0 aliphatic carbocycles. The van der Waals surface area contributed by atoms with E-state index in [1.807, 2.05) is 0 Å². The van der Waals surface area contributed by atoms with E-state index in [0.717, 1.165) is 0 Å². The van der Waals surface area contributed by atoms with Gasteiger partial charge in [-0.25, -0.2) is 8.42 Å². The Hall–Kier alpha value is -1.06. The van der Waals surface area contributed by atoms with Crippen LogP contribution in [-0.4, -0.2) is 37.9 Å². The van der Waals surface area contributed by atoms with Gasteiger partial charge in [-0.1, -0.05) is 0 Å². The van der Waals surface area contributed by atoms with Gasteiger partial charge in [-0.15, -0.1) is 12.3 Å². The normalized spacial score (nSPS) is 24.6. The molecule has 16 heavy (non-hydrogen) atoms. The van der Waals surface area contributed by atoms with E-state index in [1.165, 1.54) is 0 Å². The lowest BCUT2D eigenvalue weighted by Gasteiger charge is -2.13. The lowest BCUT2D eigenvalue weighted by molar-refractivity contribution is -0.122. The van der Waals surface area contributed by atoms with Crippen molar-refractivity contribution in [2.45, 2.75) is 30.6 Å². The van der Waals surface area contributed by atoms with Crippen LogP contribution in [0, 0.1) is 12.3 Å².